The molecule has 1 aromatic heterocycles. The van der Waals surface area contributed by atoms with Crippen LogP contribution in [0.25, 0.3) is 21.9 Å². The summed E-state index contributed by atoms with van der Waals surface area (Å²) in [7, 11) is 0. The second-order valence-corrected chi connectivity index (χ2v) is 30.4. The largest absolute Gasteiger partial charge is 0.456 e. The Balaban J connectivity index is 1.15. The lowest BCUT2D eigenvalue weighted by atomic mass is 9.33. The fourth-order valence-electron chi connectivity index (χ4n) is 14.5. The summed E-state index contributed by atoms with van der Waals surface area (Å²) in [4.78, 5) is 7.84. The van der Waals surface area contributed by atoms with Gasteiger partial charge in [0.25, 0.3) is 6.71 Å². The van der Waals surface area contributed by atoms with Gasteiger partial charge in [-0.2, -0.15) is 0 Å². The molecule has 0 fully saturated rings. The molecular formula is C76H84BN3O. The van der Waals surface area contributed by atoms with Crippen LogP contribution in [0.2, 0.25) is 0 Å². The molecule has 0 bridgehead atoms. The van der Waals surface area contributed by atoms with Crippen molar-refractivity contribution in [1.29, 1.82) is 0 Å². The third-order valence-corrected chi connectivity index (χ3v) is 19.8. The molecule has 0 atom stereocenters. The van der Waals surface area contributed by atoms with Crippen LogP contribution < -0.4 is 31.1 Å². The van der Waals surface area contributed by atoms with Crippen LogP contribution in [0.15, 0.2) is 156 Å². The minimum atomic E-state index is -0.186. The van der Waals surface area contributed by atoms with Gasteiger partial charge in [-0.15, -0.1) is 0 Å². The molecule has 3 heterocycles. The molecule has 412 valence electrons. The molecule has 0 saturated carbocycles. The van der Waals surface area contributed by atoms with Gasteiger partial charge in [0.1, 0.15) is 11.2 Å². The molecule has 2 aliphatic heterocycles. The predicted molar refractivity (Wildman–Crippen MR) is 349 cm³/mol. The summed E-state index contributed by atoms with van der Waals surface area (Å²) >= 11 is 0. The minimum Gasteiger partial charge on any atom is -0.456 e. The number of para-hydroxylation sites is 1. The molecule has 9 aromatic rings. The van der Waals surface area contributed by atoms with E-state index in [4.69, 9.17) is 4.42 Å². The van der Waals surface area contributed by atoms with E-state index in [0.717, 1.165) is 64.0 Å². The van der Waals surface area contributed by atoms with Crippen LogP contribution in [0.3, 0.4) is 0 Å². The van der Waals surface area contributed by atoms with Gasteiger partial charge >= 0.3 is 0 Å². The van der Waals surface area contributed by atoms with Crippen molar-refractivity contribution in [3.63, 3.8) is 0 Å². The Bertz CT molecular complexity index is 3960. The molecule has 2 aliphatic carbocycles. The smallest absolute Gasteiger partial charge is 0.252 e. The van der Waals surface area contributed by atoms with Crippen LogP contribution in [0.4, 0.5) is 51.2 Å². The molecule has 0 saturated heterocycles. The quantitative estimate of drug-likeness (QED) is 0.160. The number of anilines is 9. The fourth-order valence-corrected chi connectivity index (χ4v) is 14.5. The fraction of sp³-hybridized carbons (Fsp3) is 0.368. The lowest BCUT2D eigenvalue weighted by Crippen LogP contribution is -2.62. The van der Waals surface area contributed by atoms with E-state index in [1.54, 1.807) is 0 Å². The van der Waals surface area contributed by atoms with Crippen molar-refractivity contribution in [1.82, 2.24) is 0 Å². The van der Waals surface area contributed by atoms with Gasteiger partial charge in [-0.3, -0.25) is 0 Å². The number of hydrogen-bond donors (Lipinski definition) is 0. The van der Waals surface area contributed by atoms with E-state index >= 15 is 0 Å². The average Bonchev–Trinajstić information content (AvgIpc) is 3.97. The summed E-state index contributed by atoms with van der Waals surface area (Å²) in [6.07, 6.45) is 4.63. The number of nitrogens with zero attached hydrogens (tertiary/aromatic N) is 3. The van der Waals surface area contributed by atoms with Crippen LogP contribution in [-0.2, 0) is 37.9 Å². The maximum atomic E-state index is 6.80. The first-order chi connectivity index (χ1) is 38.0. The first-order valence-corrected chi connectivity index (χ1v) is 30.2. The van der Waals surface area contributed by atoms with Crippen molar-refractivity contribution in [3.8, 4) is 0 Å². The molecule has 0 unspecified atom stereocenters. The van der Waals surface area contributed by atoms with Crippen molar-refractivity contribution in [3.05, 3.63) is 191 Å². The number of furan rings is 1. The molecule has 0 N–H and O–H groups in total. The average molecular weight is 1070 g/mol. The Kier molecular flexibility index (Phi) is 11.7. The first-order valence-electron chi connectivity index (χ1n) is 30.2. The van der Waals surface area contributed by atoms with Gasteiger partial charge in [-0.05, 0) is 204 Å². The van der Waals surface area contributed by atoms with Crippen molar-refractivity contribution < 1.29 is 4.42 Å². The van der Waals surface area contributed by atoms with E-state index in [1.165, 1.54) is 90.2 Å². The molecule has 0 amide bonds. The summed E-state index contributed by atoms with van der Waals surface area (Å²) < 4.78 is 6.80. The number of fused-ring (bicyclic) bond motifs is 9. The normalized spacial score (nSPS) is 17.6. The molecule has 5 heteroatoms. The zero-order valence-corrected chi connectivity index (χ0v) is 51.6. The number of hydrogen-bond acceptors (Lipinski definition) is 4. The second-order valence-electron chi connectivity index (χ2n) is 30.4. The van der Waals surface area contributed by atoms with E-state index in [2.05, 4.69) is 284 Å². The molecular weight excluding hydrogens is 982 g/mol. The van der Waals surface area contributed by atoms with Crippen LogP contribution in [0.1, 0.15) is 182 Å². The SMILES string of the molecule is CC(C)(C)c1ccc(N(c2ccc(C(C)(C)C)cc2)c2ccc3c(c2)N(c2cccc4oc5ccccc5c24)c2cc(C(C)(C)C)cc4c2B3c2cc3c(cc2N4c2ccc4c(c2)C(C)(C)CCC4(C)C)C(C)(C)CCC3(C)C)cc1. The highest BCUT2D eigenvalue weighted by atomic mass is 16.3. The maximum Gasteiger partial charge on any atom is 0.252 e. The monoisotopic (exact) mass is 1070 g/mol. The Hall–Kier alpha value is -6.98. The zero-order chi connectivity index (χ0) is 57.3. The van der Waals surface area contributed by atoms with Crippen molar-refractivity contribution in [2.75, 3.05) is 14.7 Å². The predicted octanol–water partition coefficient (Wildman–Crippen LogP) is 19.7. The lowest BCUT2D eigenvalue weighted by Gasteiger charge is -2.48. The minimum absolute atomic E-state index is 0.00227. The standard InChI is InChI=1S/C76H84BN3O/c1-70(2,3)47-25-29-50(30-26-47)78(51-31-27-48(28-32-51)71(4,5)6)53-34-36-59-62(44-53)80(61-22-20-24-67-68(61)54-21-18-19-23-66(54)81-67)65-42-49(72(7,8)9)41-64-69(65)77(59)60-45-57-58(76(16,17)40-39-75(57,14)15)46-63(60)79(64)52-33-35-55-56(43-52)74(12,13)38-37-73(55,10)11/h18-36,41-46H,37-40H2,1-17H3. The molecule has 0 spiro atoms. The summed E-state index contributed by atoms with van der Waals surface area (Å²) in [6.45, 7) is 40.7. The van der Waals surface area contributed by atoms with Crippen LogP contribution in [0.5, 0.6) is 0 Å². The number of rotatable bonds is 5. The van der Waals surface area contributed by atoms with Crippen molar-refractivity contribution in [2.45, 2.75) is 181 Å². The van der Waals surface area contributed by atoms with E-state index in [1.807, 2.05) is 0 Å². The van der Waals surface area contributed by atoms with E-state index in [-0.39, 0.29) is 44.6 Å². The van der Waals surface area contributed by atoms with Crippen LogP contribution in [-0.4, -0.2) is 6.71 Å². The van der Waals surface area contributed by atoms with Gasteiger partial charge in [-0.1, -0.05) is 184 Å². The summed E-state index contributed by atoms with van der Waals surface area (Å²) in [5, 5.41) is 2.24. The Morgan fingerprint density at radius 3 is 1.47 bits per heavy atom. The van der Waals surface area contributed by atoms with Gasteiger partial charge in [0, 0.05) is 50.9 Å². The van der Waals surface area contributed by atoms with Crippen LogP contribution >= 0.6 is 0 Å². The third-order valence-electron chi connectivity index (χ3n) is 19.8. The number of benzene rings is 8. The molecule has 4 aliphatic rings. The van der Waals surface area contributed by atoms with Gasteiger partial charge < -0.3 is 19.1 Å². The highest BCUT2D eigenvalue weighted by Gasteiger charge is 2.48. The topological polar surface area (TPSA) is 22.9 Å². The second kappa shape index (κ2) is 17.8. The maximum absolute atomic E-state index is 6.80. The van der Waals surface area contributed by atoms with Gasteiger partial charge in [0.15, 0.2) is 0 Å². The zero-order valence-electron chi connectivity index (χ0n) is 51.6. The van der Waals surface area contributed by atoms with E-state index < -0.39 is 0 Å². The molecule has 4 nitrogen and oxygen atoms in total. The van der Waals surface area contributed by atoms with Gasteiger partial charge in [0.05, 0.1) is 11.1 Å². The third kappa shape index (κ3) is 8.51. The highest BCUT2D eigenvalue weighted by Crippen LogP contribution is 2.55. The summed E-state index contributed by atoms with van der Waals surface area (Å²) in [5.74, 6) is 0. The van der Waals surface area contributed by atoms with Gasteiger partial charge in [0.2, 0.25) is 0 Å². The summed E-state index contributed by atoms with van der Waals surface area (Å²) in [6, 6.07) is 59.4. The molecule has 0 radical (unpaired) electrons. The Morgan fingerprint density at radius 2 is 0.889 bits per heavy atom. The van der Waals surface area contributed by atoms with E-state index in [0.29, 0.717) is 0 Å². The Morgan fingerprint density at radius 1 is 0.395 bits per heavy atom. The highest BCUT2D eigenvalue weighted by molar-refractivity contribution is 7.00. The Labute approximate surface area is 484 Å². The van der Waals surface area contributed by atoms with E-state index in [9.17, 15) is 0 Å². The van der Waals surface area contributed by atoms with Gasteiger partial charge in [-0.25, -0.2) is 0 Å². The first kappa shape index (κ1) is 53.3. The lowest BCUT2D eigenvalue weighted by molar-refractivity contribution is 0.332. The van der Waals surface area contributed by atoms with Crippen molar-refractivity contribution in [2.24, 2.45) is 0 Å². The summed E-state index contributed by atoms with van der Waals surface area (Å²) in [5.41, 5.74) is 26.3. The van der Waals surface area contributed by atoms with Crippen LogP contribution in [0, 0.1) is 0 Å². The molecule has 8 aromatic carbocycles. The molecule has 81 heavy (non-hydrogen) atoms. The van der Waals surface area contributed by atoms with Crippen molar-refractivity contribution >= 4 is 96.2 Å². The molecule has 13 rings (SSSR count).